The lowest BCUT2D eigenvalue weighted by Crippen LogP contribution is -1.99. The molecule has 0 heterocycles. The van der Waals surface area contributed by atoms with E-state index in [9.17, 15) is 4.39 Å². The number of halogens is 1. The summed E-state index contributed by atoms with van der Waals surface area (Å²) in [7, 11) is 0. The molecule has 0 aliphatic heterocycles. The molecule has 0 bridgehead atoms. The topological polar surface area (TPSA) is 0 Å². The Kier molecular flexibility index (Phi) is 8.54. The maximum atomic E-state index is 12.5. The molecule has 0 N–H and O–H groups in total. The largest absolute Gasteiger partial charge is 0.208 e. The van der Waals surface area contributed by atoms with E-state index in [0.29, 0.717) is 17.4 Å². The lowest BCUT2D eigenvalue weighted by Gasteiger charge is -2.13. The minimum atomic E-state index is -0.491. The van der Waals surface area contributed by atoms with Gasteiger partial charge in [0.25, 0.3) is 0 Å². The van der Waals surface area contributed by atoms with Crippen LogP contribution in [0, 0.1) is 11.8 Å². The zero-order chi connectivity index (χ0) is 15.7. The highest BCUT2D eigenvalue weighted by Crippen LogP contribution is 2.20. The van der Waals surface area contributed by atoms with E-state index in [1.165, 1.54) is 12.5 Å². The average molecular weight is 274 g/mol. The quantitative estimate of drug-likeness (QED) is 0.431. The molecule has 0 aromatic carbocycles. The van der Waals surface area contributed by atoms with Gasteiger partial charge < -0.3 is 0 Å². The molecule has 0 saturated carbocycles. The molecule has 1 atom stereocenters. The minimum Gasteiger partial charge on any atom is -0.208 e. The average Bonchev–Trinajstić information content (AvgIpc) is 2.38. The Balaban J connectivity index is 4.40. The Bertz CT molecular complexity index is 433. The van der Waals surface area contributed by atoms with E-state index >= 15 is 0 Å². The van der Waals surface area contributed by atoms with Gasteiger partial charge in [-0.3, -0.25) is 0 Å². The van der Waals surface area contributed by atoms with Gasteiger partial charge >= 0.3 is 0 Å². The van der Waals surface area contributed by atoms with E-state index in [-0.39, 0.29) is 0 Å². The van der Waals surface area contributed by atoms with Crippen molar-refractivity contribution in [2.75, 3.05) is 0 Å². The van der Waals surface area contributed by atoms with E-state index in [2.05, 4.69) is 47.1 Å². The Morgan fingerprint density at radius 2 is 1.35 bits per heavy atom. The molecule has 0 rings (SSSR count). The van der Waals surface area contributed by atoms with Crippen LogP contribution in [0.4, 0.5) is 4.39 Å². The van der Waals surface area contributed by atoms with Gasteiger partial charge in [0, 0.05) is 0 Å². The molecule has 0 radical (unpaired) electrons. The predicted molar refractivity (Wildman–Crippen MR) is 89.2 cm³/mol. The van der Waals surface area contributed by atoms with Gasteiger partial charge in [-0.1, -0.05) is 77.3 Å². The Morgan fingerprint density at radius 3 is 1.80 bits per heavy atom. The molecule has 1 unspecified atom stereocenters. The third-order valence-corrected chi connectivity index (χ3v) is 3.19. The van der Waals surface area contributed by atoms with Gasteiger partial charge in [-0.2, -0.15) is 0 Å². The summed E-state index contributed by atoms with van der Waals surface area (Å²) in [4.78, 5) is 0. The molecule has 0 aliphatic rings. The SMILES string of the molecule is C=C(F)/C=C\C(=C)C(=C)/C=C\C(=C)C(C)CCC(C)C. The molecule has 0 amide bonds. The summed E-state index contributed by atoms with van der Waals surface area (Å²) >= 11 is 0. The van der Waals surface area contributed by atoms with E-state index < -0.39 is 5.83 Å². The van der Waals surface area contributed by atoms with Crippen LogP contribution in [0.25, 0.3) is 0 Å². The normalized spacial score (nSPS) is 13.1. The van der Waals surface area contributed by atoms with Crippen LogP contribution < -0.4 is 0 Å². The third-order valence-electron chi connectivity index (χ3n) is 3.19. The van der Waals surface area contributed by atoms with Crippen LogP contribution in [0.3, 0.4) is 0 Å². The summed E-state index contributed by atoms with van der Waals surface area (Å²) in [5.74, 6) is 0.674. The molecule has 0 aromatic heterocycles. The van der Waals surface area contributed by atoms with Gasteiger partial charge in [-0.25, -0.2) is 4.39 Å². The summed E-state index contributed by atoms with van der Waals surface area (Å²) in [5, 5.41) is 0. The van der Waals surface area contributed by atoms with Crippen molar-refractivity contribution in [1.82, 2.24) is 0 Å². The maximum Gasteiger partial charge on any atom is 0.116 e. The summed E-state index contributed by atoms with van der Waals surface area (Å²) in [5.41, 5.74) is 2.50. The van der Waals surface area contributed by atoms with Crippen LogP contribution in [0.2, 0.25) is 0 Å². The third kappa shape index (κ3) is 8.47. The Labute approximate surface area is 123 Å². The van der Waals surface area contributed by atoms with Crippen molar-refractivity contribution < 1.29 is 4.39 Å². The molecule has 0 aromatic rings. The second-order valence-electron chi connectivity index (χ2n) is 5.61. The molecule has 20 heavy (non-hydrogen) atoms. The van der Waals surface area contributed by atoms with Gasteiger partial charge in [0.2, 0.25) is 0 Å². The molecule has 1 heteroatoms. The van der Waals surface area contributed by atoms with Crippen molar-refractivity contribution in [2.24, 2.45) is 11.8 Å². The number of hydrogen-bond donors (Lipinski definition) is 0. The van der Waals surface area contributed by atoms with E-state index in [0.717, 1.165) is 17.6 Å². The van der Waals surface area contributed by atoms with Gasteiger partial charge in [-0.15, -0.1) is 0 Å². The second-order valence-corrected chi connectivity index (χ2v) is 5.61. The van der Waals surface area contributed by atoms with Crippen molar-refractivity contribution in [1.29, 1.82) is 0 Å². The first-order valence-electron chi connectivity index (χ1n) is 7.01. The van der Waals surface area contributed by atoms with Gasteiger partial charge in [0.05, 0.1) is 0 Å². The van der Waals surface area contributed by atoms with Crippen molar-refractivity contribution in [3.8, 4) is 0 Å². The molecule has 0 spiro atoms. The fourth-order valence-electron chi connectivity index (χ4n) is 1.55. The van der Waals surface area contributed by atoms with Crippen LogP contribution in [-0.4, -0.2) is 0 Å². The number of allylic oxidation sites excluding steroid dienone is 8. The van der Waals surface area contributed by atoms with E-state index in [1.807, 2.05) is 12.2 Å². The number of rotatable bonds is 9. The van der Waals surface area contributed by atoms with Crippen molar-refractivity contribution in [3.05, 3.63) is 73.2 Å². The second kappa shape index (κ2) is 9.30. The standard InChI is InChI=1S/C19H27F/c1-14(2)8-9-15(3)16(4)10-11-17(5)18(6)12-13-19(7)20/h10-15H,4-9H2,1-3H3/b11-10-,13-12-. The van der Waals surface area contributed by atoms with Crippen molar-refractivity contribution in [3.63, 3.8) is 0 Å². The highest BCUT2D eigenvalue weighted by molar-refractivity contribution is 5.45. The zero-order valence-electron chi connectivity index (χ0n) is 13.1. The fourth-order valence-corrected chi connectivity index (χ4v) is 1.55. The first-order chi connectivity index (χ1) is 9.23. The molecule has 0 aliphatic carbocycles. The summed E-state index contributed by atoms with van der Waals surface area (Å²) in [6, 6.07) is 0. The zero-order valence-corrected chi connectivity index (χ0v) is 13.1. The van der Waals surface area contributed by atoms with E-state index in [4.69, 9.17) is 0 Å². The molecule has 0 fully saturated rings. The van der Waals surface area contributed by atoms with Gasteiger partial charge in [-0.05, 0) is 35.5 Å². The summed E-state index contributed by atoms with van der Waals surface area (Å²) < 4.78 is 12.5. The molecular weight excluding hydrogens is 247 g/mol. The maximum absolute atomic E-state index is 12.5. The highest BCUT2D eigenvalue weighted by Gasteiger charge is 2.05. The summed E-state index contributed by atoms with van der Waals surface area (Å²) in [6.45, 7) is 21.6. The Hall–Kier alpha value is -1.63. The van der Waals surface area contributed by atoms with Crippen LogP contribution in [-0.2, 0) is 0 Å². The monoisotopic (exact) mass is 274 g/mol. The highest BCUT2D eigenvalue weighted by atomic mass is 19.1. The smallest absolute Gasteiger partial charge is 0.116 e. The molecule has 0 saturated heterocycles. The lowest BCUT2D eigenvalue weighted by molar-refractivity contribution is 0.494. The van der Waals surface area contributed by atoms with Crippen molar-refractivity contribution >= 4 is 0 Å². The number of hydrogen-bond acceptors (Lipinski definition) is 0. The van der Waals surface area contributed by atoms with Crippen LogP contribution in [0.5, 0.6) is 0 Å². The molecule has 0 nitrogen and oxygen atoms in total. The van der Waals surface area contributed by atoms with Gasteiger partial charge in [0.15, 0.2) is 0 Å². The van der Waals surface area contributed by atoms with Crippen LogP contribution >= 0.6 is 0 Å². The summed E-state index contributed by atoms with van der Waals surface area (Å²) in [6.07, 6.45) is 9.03. The van der Waals surface area contributed by atoms with Crippen LogP contribution in [0.15, 0.2) is 73.2 Å². The van der Waals surface area contributed by atoms with E-state index in [1.54, 1.807) is 6.08 Å². The first-order valence-corrected chi connectivity index (χ1v) is 7.01. The minimum absolute atomic E-state index is 0.455. The van der Waals surface area contributed by atoms with Crippen molar-refractivity contribution in [2.45, 2.75) is 33.6 Å². The van der Waals surface area contributed by atoms with Gasteiger partial charge in [0.1, 0.15) is 5.83 Å². The lowest BCUT2D eigenvalue weighted by atomic mass is 9.93. The molecule has 110 valence electrons. The Morgan fingerprint density at radius 1 is 0.850 bits per heavy atom. The van der Waals surface area contributed by atoms with Crippen LogP contribution in [0.1, 0.15) is 33.6 Å². The fraction of sp³-hybridized carbons (Fsp3) is 0.368. The first kappa shape index (κ1) is 18.4. The predicted octanol–water partition coefficient (Wildman–Crippen LogP) is 6.32. The molecular formula is C19H27F.